The number of carboxylic acid groups (broad SMARTS) is 2. The lowest BCUT2D eigenvalue weighted by Gasteiger charge is -2.31. The average molecular weight is 599 g/mol. The first-order chi connectivity index (χ1) is 19.7. The number of nitrogens with zero attached hydrogens (tertiary/aromatic N) is 4. The van der Waals surface area contributed by atoms with Crippen LogP contribution in [-0.4, -0.2) is 73.9 Å². The molecule has 3 aromatic rings. The van der Waals surface area contributed by atoms with E-state index in [1.165, 1.54) is 5.56 Å². The van der Waals surface area contributed by atoms with Gasteiger partial charge in [0.1, 0.15) is 5.69 Å². The molecule has 4 N–H and O–H groups in total. The monoisotopic (exact) mass is 599 g/mol. The fourth-order valence-corrected chi connectivity index (χ4v) is 3.96. The number of pyridine rings is 1. The summed E-state index contributed by atoms with van der Waals surface area (Å²) in [6.07, 6.45) is -2.65. The third kappa shape index (κ3) is 8.55. The van der Waals surface area contributed by atoms with Crippen LogP contribution in [0.4, 0.5) is 38.1 Å². The van der Waals surface area contributed by atoms with Crippen LogP contribution < -0.4 is 4.90 Å². The maximum Gasteiger partial charge on any atom is 0.490 e. The number of rotatable bonds is 3. The molecule has 0 radical (unpaired) electrons. The summed E-state index contributed by atoms with van der Waals surface area (Å²) in [7, 11) is 0. The molecule has 2 aromatic heterocycles. The number of piperidine rings is 1. The summed E-state index contributed by atoms with van der Waals surface area (Å²) in [4.78, 5) is 36.2. The highest BCUT2D eigenvalue weighted by molar-refractivity contribution is 6.20. The van der Waals surface area contributed by atoms with Crippen molar-refractivity contribution in [2.45, 2.75) is 31.1 Å². The number of carboxylic acids is 2. The van der Waals surface area contributed by atoms with E-state index < -0.39 is 24.3 Å². The topological polar surface area (TPSA) is 152 Å². The molecule has 1 aromatic carbocycles. The molecule has 0 atom stereocenters. The first kappa shape index (κ1) is 31.6. The van der Waals surface area contributed by atoms with Crippen LogP contribution in [0.3, 0.4) is 0 Å². The fraction of sp³-hybridized carbons (Fsp3) is 0.269. The van der Waals surface area contributed by atoms with Gasteiger partial charge >= 0.3 is 24.3 Å². The number of benzene rings is 1. The number of imidazole rings is 1. The lowest BCUT2D eigenvalue weighted by molar-refractivity contribution is -0.193. The van der Waals surface area contributed by atoms with Crippen molar-refractivity contribution >= 4 is 41.6 Å². The van der Waals surface area contributed by atoms with Crippen LogP contribution in [0.5, 0.6) is 5.88 Å². The highest BCUT2D eigenvalue weighted by Gasteiger charge is 2.38. The number of aromatic amines is 1. The van der Waals surface area contributed by atoms with Crippen LogP contribution >= 0.6 is 0 Å². The summed E-state index contributed by atoms with van der Waals surface area (Å²) in [6.45, 7) is 1.83. The fourth-order valence-electron chi connectivity index (χ4n) is 3.96. The number of alkyl halides is 6. The van der Waals surface area contributed by atoms with E-state index in [2.05, 4.69) is 55.2 Å². The standard InChI is InChI=1S/C22H21N5O.2C2HF3O2/c28-21-19(13-17-14-24-20-18(17)7-4-10-23-20)25-22(26-21)27-11-8-16(9-12-27)15-5-2-1-3-6-15;2*3-2(4,5)1(6)7/h1-7,10,13-14,16,28H,8-9,11-12H2,(H,25,26);2*(H,6,7). The maximum atomic E-state index is 10.6. The number of aliphatic carboxylic acids is 2. The van der Waals surface area contributed by atoms with Crippen LogP contribution in [0.25, 0.3) is 11.6 Å². The molecule has 0 amide bonds. The molecule has 0 aliphatic carbocycles. The summed E-state index contributed by atoms with van der Waals surface area (Å²) >= 11 is 0. The second-order valence-electron chi connectivity index (χ2n) is 8.81. The SMILES string of the molecule is O=C(O)C(F)(F)F.O=C(O)C(F)(F)F.Oc1nc(N2CCC(c3ccccc3)CC2)[nH]c1C=C1C=Nc2ncccc21. The first-order valence-corrected chi connectivity index (χ1v) is 12.1. The number of allylic oxidation sites excluding steroid dienone is 1. The highest BCUT2D eigenvalue weighted by Crippen LogP contribution is 2.33. The molecule has 1 fully saturated rings. The molecule has 10 nitrogen and oxygen atoms in total. The zero-order chi connectivity index (χ0) is 31.1. The van der Waals surface area contributed by atoms with Gasteiger partial charge in [0, 0.05) is 36.6 Å². The Hall–Kier alpha value is -4.89. The number of hydrogen-bond donors (Lipinski definition) is 4. The van der Waals surface area contributed by atoms with E-state index in [1.54, 1.807) is 12.4 Å². The Morgan fingerprint density at radius 1 is 0.929 bits per heavy atom. The summed E-state index contributed by atoms with van der Waals surface area (Å²) in [5.74, 6) is -3.49. The maximum absolute atomic E-state index is 10.6. The van der Waals surface area contributed by atoms with Crippen LogP contribution in [0.15, 0.2) is 53.7 Å². The Morgan fingerprint density at radius 2 is 1.50 bits per heavy atom. The molecule has 0 bridgehead atoms. The number of aromatic nitrogens is 3. The molecule has 42 heavy (non-hydrogen) atoms. The molecular formula is C26H23F6N5O5. The molecule has 4 heterocycles. The second-order valence-corrected chi connectivity index (χ2v) is 8.81. The van der Waals surface area contributed by atoms with Crippen molar-refractivity contribution in [2.75, 3.05) is 18.0 Å². The minimum atomic E-state index is -5.08. The predicted octanol–water partition coefficient (Wildman–Crippen LogP) is 5.42. The van der Waals surface area contributed by atoms with Gasteiger partial charge in [-0.3, -0.25) is 0 Å². The summed E-state index contributed by atoms with van der Waals surface area (Å²) < 4.78 is 63.5. The van der Waals surface area contributed by atoms with Gasteiger partial charge in [-0.1, -0.05) is 30.3 Å². The third-order valence-corrected chi connectivity index (χ3v) is 5.97. The number of anilines is 1. The smallest absolute Gasteiger partial charge is 0.490 e. The molecule has 0 saturated carbocycles. The molecule has 0 spiro atoms. The molecule has 1 saturated heterocycles. The van der Waals surface area contributed by atoms with Gasteiger partial charge in [-0.2, -0.15) is 31.3 Å². The zero-order valence-corrected chi connectivity index (χ0v) is 21.4. The molecular weight excluding hydrogens is 576 g/mol. The minimum absolute atomic E-state index is 0.0124. The summed E-state index contributed by atoms with van der Waals surface area (Å²) in [5.41, 5.74) is 3.87. The van der Waals surface area contributed by atoms with Gasteiger partial charge in [-0.05, 0) is 42.5 Å². The van der Waals surface area contributed by atoms with E-state index in [9.17, 15) is 31.4 Å². The first-order valence-electron chi connectivity index (χ1n) is 12.1. The Morgan fingerprint density at radius 3 is 2.05 bits per heavy atom. The van der Waals surface area contributed by atoms with E-state index >= 15 is 0 Å². The molecule has 16 heteroatoms. The number of halogens is 6. The number of aromatic hydroxyl groups is 1. The molecule has 2 aliphatic heterocycles. The Bertz CT molecular complexity index is 1420. The van der Waals surface area contributed by atoms with Gasteiger partial charge in [-0.15, -0.1) is 0 Å². The van der Waals surface area contributed by atoms with Crippen molar-refractivity contribution in [3.05, 3.63) is 65.5 Å². The highest BCUT2D eigenvalue weighted by atomic mass is 19.4. The van der Waals surface area contributed by atoms with Crippen LogP contribution in [-0.2, 0) is 9.59 Å². The normalized spacial score (nSPS) is 15.8. The van der Waals surface area contributed by atoms with Crippen molar-refractivity contribution < 1.29 is 51.3 Å². The Balaban J connectivity index is 0.000000289. The van der Waals surface area contributed by atoms with E-state index in [0.717, 1.165) is 43.0 Å². The number of fused-ring (bicyclic) bond motifs is 1. The molecule has 0 unspecified atom stereocenters. The Labute approximate surface area is 233 Å². The van der Waals surface area contributed by atoms with Crippen LogP contribution in [0, 0.1) is 0 Å². The zero-order valence-electron chi connectivity index (χ0n) is 21.4. The van der Waals surface area contributed by atoms with Crippen LogP contribution in [0.2, 0.25) is 0 Å². The number of H-pyrrole nitrogens is 1. The van der Waals surface area contributed by atoms with Crippen molar-refractivity contribution in [1.82, 2.24) is 15.0 Å². The number of aliphatic imine (C=N–C) groups is 1. The minimum Gasteiger partial charge on any atom is -0.492 e. The van der Waals surface area contributed by atoms with Gasteiger partial charge in [0.2, 0.25) is 11.8 Å². The van der Waals surface area contributed by atoms with Crippen molar-refractivity contribution in [3.63, 3.8) is 0 Å². The van der Waals surface area contributed by atoms with E-state index in [1.807, 2.05) is 18.2 Å². The summed E-state index contributed by atoms with van der Waals surface area (Å²) in [6, 6.07) is 14.5. The second kappa shape index (κ2) is 13.2. The average Bonchev–Trinajstić information content (AvgIpc) is 3.52. The van der Waals surface area contributed by atoms with Gasteiger partial charge in [0.15, 0.2) is 5.82 Å². The van der Waals surface area contributed by atoms with Gasteiger partial charge in [-0.25, -0.2) is 19.6 Å². The quantitative estimate of drug-likeness (QED) is 0.292. The third-order valence-electron chi connectivity index (χ3n) is 5.97. The van der Waals surface area contributed by atoms with E-state index in [0.29, 0.717) is 17.4 Å². The lowest BCUT2D eigenvalue weighted by Crippen LogP contribution is -2.33. The molecule has 2 aliphatic rings. The number of nitrogens with one attached hydrogen (secondary N) is 1. The predicted molar refractivity (Wildman–Crippen MR) is 139 cm³/mol. The van der Waals surface area contributed by atoms with E-state index in [-0.39, 0.29) is 5.88 Å². The largest absolute Gasteiger partial charge is 0.492 e. The van der Waals surface area contributed by atoms with E-state index in [4.69, 9.17) is 19.8 Å². The van der Waals surface area contributed by atoms with Crippen molar-refractivity contribution in [3.8, 4) is 5.88 Å². The van der Waals surface area contributed by atoms with Crippen LogP contribution in [0.1, 0.15) is 35.6 Å². The van der Waals surface area contributed by atoms with Crippen molar-refractivity contribution in [2.24, 2.45) is 4.99 Å². The molecule has 5 rings (SSSR count). The summed E-state index contributed by atoms with van der Waals surface area (Å²) in [5, 5.41) is 24.6. The Kier molecular flexibility index (Phi) is 9.93. The van der Waals surface area contributed by atoms with Gasteiger partial charge in [0.25, 0.3) is 0 Å². The molecule has 224 valence electrons. The number of carbonyl (C=O) groups is 2. The lowest BCUT2D eigenvalue weighted by atomic mass is 9.90. The van der Waals surface area contributed by atoms with Gasteiger partial charge < -0.3 is 25.2 Å². The van der Waals surface area contributed by atoms with Crippen molar-refractivity contribution in [1.29, 1.82) is 0 Å². The van der Waals surface area contributed by atoms with Gasteiger partial charge in [0.05, 0.1) is 0 Å². The number of hydrogen-bond acceptors (Lipinski definition) is 7.